The summed E-state index contributed by atoms with van der Waals surface area (Å²) in [5, 5.41) is 18.3. The lowest BCUT2D eigenvalue weighted by molar-refractivity contribution is -0.959. The van der Waals surface area contributed by atoms with Gasteiger partial charge in [0.1, 0.15) is 12.1 Å². The minimum Gasteiger partial charge on any atom is -0.349 e. The van der Waals surface area contributed by atoms with E-state index in [1.54, 1.807) is 0 Å². The molecule has 0 amide bonds. The SMILES string of the molecule is CCO[C@@H]1N=C(C#N)[C@H](C#N)[NH+](CC)[C@H]1OCC. The van der Waals surface area contributed by atoms with Crippen molar-refractivity contribution in [3.05, 3.63) is 0 Å². The molecule has 1 N–H and O–H groups in total. The first kappa shape index (κ1) is 14.6. The van der Waals surface area contributed by atoms with Gasteiger partial charge in [0.05, 0.1) is 13.2 Å². The molecule has 0 aromatic heterocycles. The van der Waals surface area contributed by atoms with E-state index in [2.05, 4.69) is 11.1 Å². The van der Waals surface area contributed by atoms with Crippen LogP contribution in [-0.4, -0.2) is 44.0 Å². The molecule has 1 heterocycles. The number of likely N-dealkylation sites (N-methyl/N-ethyl adjacent to an activating group) is 1. The maximum absolute atomic E-state index is 9.20. The number of rotatable bonds is 5. The molecular weight excluding hydrogens is 232 g/mol. The summed E-state index contributed by atoms with van der Waals surface area (Å²) in [6.07, 6.45) is -0.842. The minimum absolute atomic E-state index is 0.226. The zero-order valence-corrected chi connectivity index (χ0v) is 11.0. The van der Waals surface area contributed by atoms with Crippen LogP contribution in [0, 0.1) is 22.7 Å². The van der Waals surface area contributed by atoms with E-state index in [0.717, 1.165) is 4.90 Å². The van der Waals surface area contributed by atoms with E-state index >= 15 is 0 Å². The van der Waals surface area contributed by atoms with Crippen molar-refractivity contribution in [2.24, 2.45) is 4.99 Å². The lowest BCUT2D eigenvalue weighted by Crippen LogP contribution is -3.22. The first-order chi connectivity index (χ1) is 8.73. The molecule has 98 valence electrons. The molecule has 0 saturated heterocycles. The van der Waals surface area contributed by atoms with Gasteiger partial charge in [0.25, 0.3) is 0 Å². The van der Waals surface area contributed by atoms with Gasteiger partial charge in [-0.2, -0.15) is 10.5 Å². The molecule has 0 aromatic rings. The van der Waals surface area contributed by atoms with Crippen LogP contribution in [0.3, 0.4) is 0 Å². The predicted octanol–water partition coefficient (Wildman–Crippen LogP) is -0.513. The number of nitriles is 2. The molecule has 0 aromatic carbocycles. The van der Waals surface area contributed by atoms with Crippen molar-refractivity contribution in [1.82, 2.24) is 0 Å². The highest BCUT2D eigenvalue weighted by atomic mass is 16.6. The smallest absolute Gasteiger partial charge is 0.240 e. The summed E-state index contributed by atoms with van der Waals surface area (Å²) < 4.78 is 11.2. The van der Waals surface area contributed by atoms with Crippen LogP contribution in [0.15, 0.2) is 4.99 Å². The molecule has 0 fully saturated rings. The van der Waals surface area contributed by atoms with Gasteiger partial charge in [-0.15, -0.1) is 0 Å². The average molecular weight is 251 g/mol. The molecule has 1 aliphatic heterocycles. The van der Waals surface area contributed by atoms with Gasteiger partial charge in [-0.25, -0.2) is 4.99 Å². The van der Waals surface area contributed by atoms with Crippen LogP contribution in [0.4, 0.5) is 0 Å². The van der Waals surface area contributed by atoms with Crippen molar-refractivity contribution < 1.29 is 14.4 Å². The van der Waals surface area contributed by atoms with E-state index in [4.69, 9.17) is 14.7 Å². The van der Waals surface area contributed by atoms with Gasteiger partial charge in [0, 0.05) is 6.61 Å². The van der Waals surface area contributed by atoms with Crippen LogP contribution in [0.2, 0.25) is 0 Å². The number of nitrogens with zero attached hydrogens (tertiary/aromatic N) is 3. The molecule has 4 atom stereocenters. The number of quaternary nitrogens is 1. The summed E-state index contributed by atoms with van der Waals surface area (Å²) in [5.41, 5.74) is 0.226. The first-order valence-corrected chi connectivity index (χ1v) is 6.19. The second-order valence-electron chi connectivity index (χ2n) is 3.84. The Hall–Kier alpha value is -1.47. The molecule has 1 rings (SSSR count). The second kappa shape index (κ2) is 7.07. The van der Waals surface area contributed by atoms with Crippen molar-refractivity contribution in [3.8, 4) is 12.1 Å². The van der Waals surface area contributed by atoms with Gasteiger partial charge in [-0.05, 0) is 20.8 Å². The highest BCUT2D eigenvalue weighted by Gasteiger charge is 2.43. The predicted molar refractivity (Wildman–Crippen MR) is 64.8 cm³/mol. The quantitative estimate of drug-likeness (QED) is 0.713. The molecule has 1 unspecified atom stereocenters. The van der Waals surface area contributed by atoms with Crippen LogP contribution in [-0.2, 0) is 9.47 Å². The number of hydrogen-bond acceptors (Lipinski definition) is 5. The third-order valence-electron chi connectivity index (χ3n) is 2.87. The first-order valence-electron chi connectivity index (χ1n) is 6.19. The molecular formula is C12H19N4O2+. The Kier molecular flexibility index (Phi) is 5.73. The van der Waals surface area contributed by atoms with E-state index in [1.807, 2.05) is 26.8 Å². The Bertz CT molecular complexity index is 383. The van der Waals surface area contributed by atoms with Crippen LogP contribution < -0.4 is 4.90 Å². The summed E-state index contributed by atoms with van der Waals surface area (Å²) in [4.78, 5) is 5.08. The van der Waals surface area contributed by atoms with Crippen molar-refractivity contribution in [3.63, 3.8) is 0 Å². The van der Waals surface area contributed by atoms with E-state index in [0.29, 0.717) is 19.8 Å². The third kappa shape index (κ3) is 2.85. The molecule has 0 bridgehead atoms. The average Bonchev–Trinajstić information content (AvgIpc) is 2.39. The lowest BCUT2D eigenvalue weighted by Gasteiger charge is -2.36. The normalized spacial score (nSPS) is 31.3. The van der Waals surface area contributed by atoms with E-state index < -0.39 is 12.3 Å². The largest absolute Gasteiger partial charge is 0.349 e. The number of hydrogen-bond donors (Lipinski definition) is 1. The maximum atomic E-state index is 9.20. The van der Waals surface area contributed by atoms with Crippen molar-refractivity contribution in [1.29, 1.82) is 10.5 Å². The van der Waals surface area contributed by atoms with Gasteiger partial charge in [-0.1, -0.05) is 0 Å². The Morgan fingerprint density at radius 1 is 1.22 bits per heavy atom. The Labute approximate surface area is 107 Å². The number of ether oxygens (including phenoxy) is 2. The summed E-state index contributed by atoms with van der Waals surface area (Å²) in [7, 11) is 0. The number of nitrogens with one attached hydrogen (secondary N) is 1. The van der Waals surface area contributed by atoms with Crippen LogP contribution >= 0.6 is 0 Å². The highest BCUT2D eigenvalue weighted by Crippen LogP contribution is 2.08. The zero-order valence-electron chi connectivity index (χ0n) is 11.0. The van der Waals surface area contributed by atoms with Crippen molar-refractivity contribution in [2.75, 3.05) is 19.8 Å². The van der Waals surface area contributed by atoms with Crippen LogP contribution in [0.5, 0.6) is 0 Å². The third-order valence-corrected chi connectivity index (χ3v) is 2.87. The van der Waals surface area contributed by atoms with Crippen LogP contribution in [0.25, 0.3) is 0 Å². The van der Waals surface area contributed by atoms with E-state index in [-0.39, 0.29) is 11.9 Å². The lowest BCUT2D eigenvalue weighted by atomic mass is 10.1. The van der Waals surface area contributed by atoms with Gasteiger partial charge >= 0.3 is 0 Å². The summed E-state index contributed by atoms with van der Waals surface area (Å²) in [6.45, 7) is 7.40. The molecule has 0 radical (unpaired) electrons. The van der Waals surface area contributed by atoms with Gasteiger partial charge in [-0.3, -0.25) is 4.90 Å². The topological polar surface area (TPSA) is 82.8 Å². The monoisotopic (exact) mass is 251 g/mol. The summed E-state index contributed by atoms with van der Waals surface area (Å²) in [5.74, 6) is 0. The summed E-state index contributed by atoms with van der Waals surface area (Å²) >= 11 is 0. The fraction of sp³-hybridized carbons (Fsp3) is 0.750. The standard InChI is InChI=1S/C12H18N4O2/c1-4-16-10(8-14)9(7-13)15-11(17-5-2)12(16)18-6-3/h10-12H,4-6H2,1-3H3/p+1/t10-,11-,12-/m0/s1. The summed E-state index contributed by atoms with van der Waals surface area (Å²) in [6, 6.07) is 3.55. The second-order valence-corrected chi connectivity index (χ2v) is 3.84. The zero-order chi connectivity index (χ0) is 13.5. The Morgan fingerprint density at radius 2 is 1.89 bits per heavy atom. The molecule has 1 aliphatic rings. The Balaban J connectivity index is 3.10. The Morgan fingerprint density at radius 3 is 2.33 bits per heavy atom. The van der Waals surface area contributed by atoms with Crippen molar-refractivity contribution >= 4 is 5.71 Å². The molecule has 0 saturated carbocycles. The molecule has 0 spiro atoms. The van der Waals surface area contributed by atoms with E-state index in [9.17, 15) is 5.26 Å². The molecule has 6 heteroatoms. The van der Waals surface area contributed by atoms with E-state index in [1.165, 1.54) is 0 Å². The molecule has 18 heavy (non-hydrogen) atoms. The fourth-order valence-electron chi connectivity index (χ4n) is 2.11. The maximum Gasteiger partial charge on any atom is 0.240 e. The fourth-order valence-corrected chi connectivity index (χ4v) is 2.11. The van der Waals surface area contributed by atoms with Gasteiger partial charge < -0.3 is 9.47 Å². The van der Waals surface area contributed by atoms with Crippen LogP contribution in [0.1, 0.15) is 20.8 Å². The highest BCUT2D eigenvalue weighted by molar-refractivity contribution is 6.03. The molecule has 6 nitrogen and oxygen atoms in total. The number of aliphatic imine (C=N–C) groups is 1. The van der Waals surface area contributed by atoms with Crippen molar-refractivity contribution in [2.45, 2.75) is 39.3 Å². The van der Waals surface area contributed by atoms with Gasteiger partial charge in [0.15, 0.2) is 5.71 Å². The molecule has 0 aliphatic carbocycles. The van der Waals surface area contributed by atoms with Gasteiger partial charge in [0.2, 0.25) is 18.5 Å². The minimum atomic E-state index is -0.576.